The van der Waals surface area contributed by atoms with E-state index in [0.29, 0.717) is 68.6 Å². The highest BCUT2D eigenvalue weighted by Gasteiger charge is 2.23. The van der Waals surface area contributed by atoms with Crippen molar-refractivity contribution in [3.05, 3.63) is 51.9 Å². The number of amides is 1. The molecule has 1 atom stereocenters. The van der Waals surface area contributed by atoms with E-state index >= 15 is 0 Å². The van der Waals surface area contributed by atoms with Crippen LogP contribution in [0.4, 0.5) is 17.2 Å². The molecule has 1 aliphatic rings. The number of anilines is 2. The number of hydrogen-bond acceptors (Lipinski definition) is 7. The van der Waals surface area contributed by atoms with E-state index in [1.165, 1.54) is 0 Å². The molecule has 0 unspecified atom stereocenters. The molecule has 1 saturated heterocycles. The van der Waals surface area contributed by atoms with Crippen molar-refractivity contribution in [2.45, 2.75) is 26.3 Å². The van der Waals surface area contributed by atoms with Gasteiger partial charge in [0, 0.05) is 44.0 Å². The topological polar surface area (TPSA) is 108 Å². The Morgan fingerprint density at radius 1 is 1.39 bits per heavy atom. The number of carbonyl (C=O) groups excluding carboxylic acids is 1. The lowest BCUT2D eigenvalue weighted by molar-refractivity contribution is -0.132. The fourth-order valence-corrected chi connectivity index (χ4v) is 3.38. The number of piperazine rings is 1. The van der Waals surface area contributed by atoms with E-state index < -0.39 is 0 Å². The van der Waals surface area contributed by atoms with Gasteiger partial charge in [-0.25, -0.2) is 9.94 Å². The maximum atomic E-state index is 12.5. The Labute approximate surface area is 181 Å². The van der Waals surface area contributed by atoms with Crippen LogP contribution in [-0.4, -0.2) is 71.4 Å². The molecule has 0 bridgehead atoms. The Morgan fingerprint density at radius 3 is 2.90 bits per heavy atom. The summed E-state index contributed by atoms with van der Waals surface area (Å²) in [6, 6.07) is 3.48. The summed E-state index contributed by atoms with van der Waals surface area (Å²) in [4.78, 5) is 35.8. The van der Waals surface area contributed by atoms with Crippen molar-refractivity contribution in [2.75, 3.05) is 49.6 Å². The molecule has 2 N–H and O–H groups in total. The Morgan fingerprint density at radius 2 is 2.16 bits per heavy atom. The minimum absolute atomic E-state index is 0.0315. The molecule has 2 aromatic heterocycles. The maximum Gasteiger partial charge on any atom is 0.269 e. The molecule has 0 radical (unpaired) electrons. The van der Waals surface area contributed by atoms with Crippen molar-refractivity contribution >= 4 is 23.1 Å². The second kappa shape index (κ2) is 10.5. The number of rotatable bonds is 8. The average Bonchev–Trinajstić information content (AvgIpc) is 2.79. The van der Waals surface area contributed by atoms with Crippen molar-refractivity contribution < 1.29 is 9.53 Å². The van der Waals surface area contributed by atoms with Crippen LogP contribution in [0.2, 0.25) is 0 Å². The lowest BCUT2D eigenvalue weighted by Crippen LogP contribution is -2.49. The van der Waals surface area contributed by atoms with Gasteiger partial charge in [-0.05, 0) is 13.8 Å². The number of pyridine rings is 1. The zero-order valence-electron chi connectivity index (χ0n) is 17.8. The minimum Gasteiger partial charge on any atom is -0.379 e. The van der Waals surface area contributed by atoms with E-state index in [1.54, 1.807) is 31.5 Å². The van der Waals surface area contributed by atoms with Crippen LogP contribution >= 0.6 is 0 Å². The highest BCUT2D eigenvalue weighted by molar-refractivity contribution is 5.77. The third-order valence-corrected chi connectivity index (χ3v) is 5.15. The van der Waals surface area contributed by atoms with Crippen molar-refractivity contribution in [1.29, 1.82) is 0 Å². The predicted octanol–water partition coefficient (Wildman–Crippen LogP) is 1.58. The SMILES string of the molecule is [C-]#[N+]c1cccnc1N1CCN(C(=O)CCOC[C@H](C)Nc2cn[nH]c(=O)c2C)CC1. The van der Waals surface area contributed by atoms with Gasteiger partial charge in [-0.15, -0.1) is 0 Å². The second-order valence-electron chi connectivity index (χ2n) is 7.43. The van der Waals surface area contributed by atoms with Crippen molar-refractivity contribution in [3.8, 4) is 0 Å². The summed E-state index contributed by atoms with van der Waals surface area (Å²) in [6.45, 7) is 14.2. The van der Waals surface area contributed by atoms with Crippen LogP contribution in [0.1, 0.15) is 18.9 Å². The zero-order chi connectivity index (χ0) is 22.2. The van der Waals surface area contributed by atoms with E-state index in [-0.39, 0.29) is 17.5 Å². The largest absolute Gasteiger partial charge is 0.379 e. The molecule has 1 aliphatic heterocycles. The Balaban J connectivity index is 1.37. The molecule has 10 heteroatoms. The van der Waals surface area contributed by atoms with Gasteiger partial charge >= 0.3 is 0 Å². The summed E-state index contributed by atoms with van der Waals surface area (Å²) in [5.74, 6) is 0.738. The lowest BCUT2D eigenvalue weighted by Gasteiger charge is -2.36. The van der Waals surface area contributed by atoms with Gasteiger partial charge in [-0.3, -0.25) is 14.6 Å². The molecule has 1 amide bonds. The molecule has 164 valence electrons. The standard InChI is InChI=1S/C21H27N7O3/c1-15(25-18-13-24-26-21(30)16(18)2)14-31-12-6-19(29)27-8-10-28(11-9-27)20-17(22-3)5-4-7-23-20/h4-5,7,13,15H,6,8-12,14H2,1-2H3,(H2,25,26,30)/t15-/m0/s1. The van der Waals surface area contributed by atoms with Crippen molar-refractivity contribution in [1.82, 2.24) is 20.1 Å². The molecule has 0 spiro atoms. The number of nitrogens with zero attached hydrogens (tertiary/aromatic N) is 5. The maximum absolute atomic E-state index is 12.5. The van der Waals surface area contributed by atoms with E-state index in [0.717, 1.165) is 0 Å². The van der Waals surface area contributed by atoms with Crippen LogP contribution in [-0.2, 0) is 9.53 Å². The molecule has 3 heterocycles. The number of aromatic nitrogens is 3. The third kappa shape index (κ3) is 5.79. The Kier molecular flexibility index (Phi) is 7.56. The number of nitrogens with one attached hydrogen (secondary N) is 2. The predicted molar refractivity (Wildman–Crippen MR) is 117 cm³/mol. The van der Waals surface area contributed by atoms with Gasteiger partial charge in [0.15, 0.2) is 0 Å². The quantitative estimate of drug-likeness (QED) is 0.488. The minimum atomic E-state index is -0.225. The molecule has 0 aromatic carbocycles. The first-order valence-corrected chi connectivity index (χ1v) is 10.2. The number of aromatic amines is 1. The normalized spacial score (nSPS) is 14.7. The molecule has 31 heavy (non-hydrogen) atoms. The molecule has 0 saturated carbocycles. The highest BCUT2D eigenvalue weighted by atomic mass is 16.5. The Bertz CT molecular complexity index is 993. The number of ether oxygens (including phenoxy) is 1. The van der Waals surface area contributed by atoms with Crippen LogP contribution < -0.4 is 15.8 Å². The average molecular weight is 425 g/mol. The van der Waals surface area contributed by atoms with Gasteiger partial charge in [-0.2, -0.15) is 5.10 Å². The molecule has 1 fully saturated rings. The van der Waals surface area contributed by atoms with Crippen LogP contribution in [0.5, 0.6) is 0 Å². The van der Waals surface area contributed by atoms with Gasteiger partial charge in [0.25, 0.3) is 5.56 Å². The summed E-state index contributed by atoms with van der Waals surface area (Å²) in [5, 5.41) is 9.38. The number of carbonyl (C=O) groups is 1. The summed E-state index contributed by atoms with van der Waals surface area (Å²) in [6.07, 6.45) is 3.57. The fraction of sp³-hybridized carbons (Fsp3) is 0.476. The third-order valence-electron chi connectivity index (χ3n) is 5.15. The monoisotopic (exact) mass is 425 g/mol. The molecule has 2 aromatic rings. The Hall–Kier alpha value is -3.45. The van der Waals surface area contributed by atoms with Crippen molar-refractivity contribution in [2.24, 2.45) is 0 Å². The van der Waals surface area contributed by atoms with E-state index in [4.69, 9.17) is 11.3 Å². The lowest BCUT2D eigenvalue weighted by atomic mass is 10.2. The van der Waals surface area contributed by atoms with E-state index in [2.05, 4.69) is 25.3 Å². The molecular weight excluding hydrogens is 398 g/mol. The van der Waals surface area contributed by atoms with Crippen LogP contribution in [0.15, 0.2) is 29.3 Å². The number of hydrogen-bond donors (Lipinski definition) is 2. The van der Waals surface area contributed by atoms with E-state index in [1.807, 2.05) is 16.7 Å². The van der Waals surface area contributed by atoms with Gasteiger partial charge < -0.3 is 19.9 Å². The van der Waals surface area contributed by atoms with Crippen LogP contribution in [0.25, 0.3) is 4.85 Å². The van der Waals surface area contributed by atoms with Crippen molar-refractivity contribution in [3.63, 3.8) is 0 Å². The molecule has 0 aliphatic carbocycles. The first kappa shape index (κ1) is 22.2. The van der Waals surface area contributed by atoms with Gasteiger partial charge in [0.1, 0.15) is 5.82 Å². The smallest absolute Gasteiger partial charge is 0.269 e. The van der Waals surface area contributed by atoms with Crippen LogP contribution in [0, 0.1) is 13.5 Å². The summed E-state index contributed by atoms with van der Waals surface area (Å²) < 4.78 is 5.65. The summed E-state index contributed by atoms with van der Waals surface area (Å²) in [7, 11) is 0. The summed E-state index contributed by atoms with van der Waals surface area (Å²) >= 11 is 0. The fourth-order valence-electron chi connectivity index (χ4n) is 3.38. The first-order valence-electron chi connectivity index (χ1n) is 10.2. The number of H-pyrrole nitrogens is 1. The van der Waals surface area contributed by atoms with Gasteiger partial charge in [0.05, 0.1) is 38.1 Å². The van der Waals surface area contributed by atoms with E-state index in [9.17, 15) is 9.59 Å². The second-order valence-corrected chi connectivity index (χ2v) is 7.43. The van der Waals surface area contributed by atoms with Crippen LogP contribution in [0.3, 0.4) is 0 Å². The molecule has 3 rings (SSSR count). The first-order chi connectivity index (χ1) is 15.0. The molecular formula is C21H27N7O3. The zero-order valence-corrected chi connectivity index (χ0v) is 17.8. The highest BCUT2D eigenvalue weighted by Crippen LogP contribution is 2.26. The van der Waals surface area contributed by atoms with Gasteiger partial charge in [-0.1, -0.05) is 12.1 Å². The van der Waals surface area contributed by atoms with Gasteiger partial charge in [0.2, 0.25) is 11.6 Å². The summed E-state index contributed by atoms with van der Waals surface area (Å²) in [5.41, 5.74) is 1.55. The molecule has 10 nitrogen and oxygen atoms in total.